The van der Waals surface area contributed by atoms with Gasteiger partial charge in [0.15, 0.2) is 0 Å². The normalized spacial score (nSPS) is 21.1. The Kier molecular flexibility index (Phi) is 12.9. The lowest BCUT2D eigenvalue weighted by molar-refractivity contribution is -0.917. The standard InChI is InChI=1S/C23H48NO/c1-4-5-6-7-8-9-10-11-12-13-14-15-16-17-21-24(2,3)22-19-18-20-23(22)25/h22-23,25H,4-21H2,1-3H3/q+1. The quantitative estimate of drug-likeness (QED) is 0.249. The van der Waals surface area contributed by atoms with Crippen LogP contribution in [0.4, 0.5) is 0 Å². The van der Waals surface area contributed by atoms with Gasteiger partial charge in [-0.1, -0.05) is 84.0 Å². The van der Waals surface area contributed by atoms with Gasteiger partial charge in [0, 0.05) is 6.42 Å². The number of aliphatic hydroxyl groups excluding tert-OH is 1. The van der Waals surface area contributed by atoms with Crippen LogP contribution >= 0.6 is 0 Å². The maximum Gasteiger partial charge on any atom is 0.115 e. The SMILES string of the molecule is CCCCCCCCCCCCCCCC[N+](C)(C)C1CCCC1O. The van der Waals surface area contributed by atoms with Crippen LogP contribution in [-0.2, 0) is 0 Å². The Balaban J connectivity index is 1.84. The summed E-state index contributed by atoms with van der Waals surface area (Å²) in [6.45, 7) is 3.53. The Morgan fingerprint density at radius 3 is 1.52 bits per heavy atom. The van der Waals surface area contributed by atoms with Gasteiger partial charge in [-0.05, 0) is 25.7 Å². The number of likely N-dealkylation sites (N-methyl/N-ethyl adjacent to an activating group) is 1. The molecule has 2 nitrogen and oxygen atoms in total. The van der Waals surface area contributed by atoms with E-state index in [4.69, 9.17) is 0 Å². The molecule has 2 heteroatoms. The van der Waals surface area contributed by atoms with Crippen LogP contribution in [0.1, 0.15) is 116 Å². The van der Waals surface area contributed by atoms with Gasteiger partial charge in [-0.15, -0.1) is 0 Å². The van der Waals surface area contributed by atoms with E-state index in [0.29, 0.717) is 6.04 Å². The molecule has 1 saturated carbocycles. The van der Waals surface area contributed by atoms with Crippen LogP contribution in [0.2, 0.25) is 0 Å². The number of quaternary nitrogens is 1. The molecule has 0 heterocycles. The van der Waals surface area contributed by atoms with Crippen molar-refractivity contribution in [3.8, 4) is 0 Å². The highest BCUT2D eigenvalue weighted by Gasteiger charge is 2.37. The number of rotatable bonds is 16. The molecule has 1 fully saturated rings. The Morgan fingerprint density at radius 1 is 0.680 bits per heavy atom. The molecule has 0 aromatic heterocycles. The monoisotopic (exact) mass is 354 g/mol. The van der Waals surface area contributed by atoms with Gasteiger partial charge in [-0.3, -0.25) is 0 Å². The molecular formula is C23H48NO+. The molecule has 1 N–H and O–H groups in total. The van der Waals surface area contributed by atoms with Crippen molar-refractivity contribution in [1.29, 1.82) is 0 Å². The summed E-state index contributed by atoms with van der Waals surface area (Å²) in [4.78, 5) is 0. The van der Waals surface area contributed by atoms with Gasteiger partial charge in [0.25, 0.3) is 0 Å². The maximum absolute atomic E-state index is 10.1. The van der Waals surface area contributed by atoms with Crippen molar-refractivity contribution in [2.45, 2.75) is 128 Å². The molecule has 0 aliphatic heterocycles. The summed E-state index contributed by atoms with van der Waals surface area (Å²) in [6.07, 6.45) is 23.4. The van der Waals surface area contributed by atoms with E-state index in [1.54, 1.807) is 0 Å². The minimum absolute atomic E-state index is 0.0540. The first kappa shape index (κ1) is 23.0. The van der Waals surface area contributed by atoms with E-state index < -0.39 is 0 Å². The molecule has 150 valence electrons. The Labute approximate surface area is 159 Å². The molecule has 0 spiro atoms. The first-order chi connectivity index (χ1) is 12.1. The highest BCUT2D eigenvalue weighted by atomic mass is 16.3. The van der Waals surface area contributed by atoms with Crippen LogP contribution in [0, 0.1) is 0 Å². The largest absolute Gasteiger partial charge is 0.387 e. The van der Waals surface area contributed by atoms with Gasteiger partial charge in [0.2, 0.25) is 0 Å². The highest BCUT2D eigenvalue weighted by molar-refractivity contribution is 4.77. The first-order valence-corrected chi connectivity index (χ1v) is 11.6. The van der Waals surface area contributed by atoms with E-state index in [-0.39, 0.29) is 6.10 Å². The summed E-state index contributed by atoms with van der Waals surface area (Å²) in [5.41, 5.74) is 0. The first-order valence-electron chi connectivity index (χ1n) is 11.6. The van der Waals surface area contributed by atoms with E-state index in [1.807, 2.05) is 0 Å². The van der Waals surface area contributed by atoms with Crippen molar-refractivity contribution in [3.05, 3.63) is 0 Å². The van der Waals surface area contributed by atoms with Crippen molar-refractivity contribution >= 4 is 0 Å². The van der Waals surface area contributed by atoms with Gasteiger partial charge in [-0.2, -0.15) is 0 Å². The van der Waals surface area contributed by atoms with Crippen LogP contribution < -0.4 is 0 Å². The molecule has 0 radical (unpaired) electrons. The molecule has 0 saturated heterocycles. The molecule has 0 amide bonds. The summed E-state index contributed by atoms with van der Waals surface area (Å²) >= 11 is 0. The topological polar surface area (TPSA) is 20.2 Å². The van der Waals surface area contributed by atoms with E-state index in [2.05, 4.69) is 21.0 Å². The minimum atomic E-state index is -0.0540. The van der Waals surface area contributed by atoms with Crippen molar-refractivity contribution in [3.63, 3.8) is 0 Å². The molecule has 1 rings (SSSR count). The number of hydrogen-bond acceptors (Lipinski definition) is 1. The molecule has 0 aromatic rings. The summed E-state index contributed by atoms with van der Waals surface area (Å²) < 4.78 is 1.03. The van der Waals surface area contributed by atoms with E-state index in [1.165, 1.54) is 109 Å². The fraction of sp³-hybridized carbons (Fsp3) is 1.00. The second-order valence-electron chi connectivity index (χ2n) is 9.16. The van der Waals surface area contributed by atoms with Crippen molar-refractivity contribution in [2.75, 3.05) is 20.6 Å². The molecule has 1 aliphatic carbocycles. The Hall–Kier alpha value is -0.0800. The zero-order chi connectivity index (χ0) is 18.4. The van der Waals surface area contributed by atoms with Gasteiger partial charge in [-0.25, -0.2) is 0 Å². The lowest BCUT2D eigenvalue weighted by Crippen LogP contribution is -2.52. The zero-order valence-electron chi connectivity index (χ0n) is 17.8. The number of hydrogen-bond donors (Lipinski definition) is 1. The fourth-order valence-corrected chi connectivity index (χ4v) is 4.62. The molecule has 1 aliphatic rings. The van der Waals surface area contributed by atoms with Gasteiger partial charge >= 0.3 is 0 Å². The van der Waals surface area contributed by atoms with Crippen LogP contribution in [-0.4, -0.2) is 42.4 Å². The highest BCUT2D eigenvalue weighted by Crippen LogP contribution is 2.27. The summed E-state index contributed by atoms with van der Waals surface area (Å²) in [6, 6.07) is 0.488. The van der Waals surface area contributed by atoms with Crippen LogP contribution in [0.25, 0.3) is 0 Å². The third kappa shape index (κ3) is 10.6. The molecule has 0 aromatic carbocycles. The maximum atomic E-state index is 10.1. The van der Waals surface area contributed by atoms with E-state index in [0.717, 1.165) is 10.9 Å². The molecule has 2 atom stereocenters. The lowest BCUT2D eigenvalue weighted by Gasteiger charge is -2.38. The number of aliphatic hydroxyl groups is 1. The second-order valence-corrected chi connectivity index (χ2v) is 9.16. The number of nitrogens with zero attached hydrogens (tertiary/aromatic N) is 1. The van der Waals surface area contributed by atoms with E-state index in [9.17, 15) is 5.11 Å². The van der Waals surface area contributed by atoms with Gasteiger partial charge in [0.1, 0.15) is 12.1 Å². The zero-order valence-corrected chi connectivity index (χ0v) is 17.8. The summed E-state index contributed by atoms with van der Waals surface area (Å²) in [5, 5.41) is 10.1. The molecule has 2 unspecified atom stereocenters. The van der Waals surface area contributed by atoms with Gasteiger partial charge in [0.05, 0.1) is 20.6 Å². The lowest BCUT2D eigenvalue weighted by atomic mass is 10.0. The average molecular weight is 355 g/mol. The second kappa shape index (κ2) is 14.0. The third-order valence-corrected chi connectivity index (χ3v) is 6.43. The van der Waals surface area contributed by atoms with Crippen LogP contribution in [0.15, 0.2) is 0 Å². The summed E-state index contributed by atoms with van der Waals surface area (Å²) in [7, 11) is 4.64. The van der Waals surface area contributed by atoms with Crippen molar-refractivity contribution < 1.29 is 9.59 Å². The molecular weight excluding hydrogens is 306 g/mol. The smallest absolute Gasteiger partial charge is 0.115 e. The molecule has 25 heavy (non-hydrogen) atoms. The predicted octanol–water partition coefficient (Wildman–Crippen LogP) is 6.46. The van der Waals surface area contributed by atoms with E-state index >= 15 is 0 Å². The number of unbranched alkanes of at least 4 members (excludes halogenated alkanes) is 13. The fourth-order valence-electron chi connectivity index (χ4n) is 4.62. The third-order valence-electron chi connectivity index (χ3n) is 6.43. The van der Waals surface area contributed by atoms with Gasteiger partial charge < -0.3 is 9.59 Å². The average Bonchev–Trinajstić information content (AvgIpc) is 3.02. The Morgan fingerprint density at radius 2 is 1.12 bits per heavy atom. The van der Waals surface area contributed by atoms with Crippen LogP contribution in [0.5, 0.6) is 0 Å². The molecule has 0 bridgehead atoms. The van der Waals surface area contributed by atoms with Crippen molar-refractivity contribution in [2.24, 2.45) is 0 Å². The summed E-state index contributed by atoms with van der Waals surface area (Å²) in [5.74, 6) is 0. The predicted molar refractivity (Wildman–Crippen MR) is 111 cm³/mol. The Bertz CT molecular complexity index is 302. The van der Waals surface area contributed by atoms with Crippen LogP contribution in [0.3, 0.4) is 0 Å². The van der Waals surface area contributed by atoms with Crippen molar-refractivity contribution in [1.82, 2.24) is 0 Å². The minimum Gasteiger partial charge on any atom is -0.387 e.